The maximum Gasteiger partial charge on any atom is 0.126 e. The second-order valence-electron chi connectivity index (χ2n) is 3.38. The summed E-state index contributed by atoms with van der Waals surface area (Å²) < 4.78 is 26.0. The molecule has 0 nitrogen and oxygen atoms in total. The summed E-state index contributed by atoms with van der Waals surface area (Å²) >= 11 is 0. The molecule has 0 heterocycles. The van der Waals surface area contributed by atoms with Crippen molar-refractivity contribution in [3.05, 3.63) is 59.7 Å². The van der Waals surface area contributed by atoms with Gasteiger partial charge in [0.25, 0.3) is 0 Å². The van der Waals surface area contributed by atoms with Crippen molar-refractivity contribution in [2.45, 2.75) is 0 Å². The Morgan fingerprint density at radius 1 is 0.812 bits per heavy atom. The lowest BCUT2D eigenvalue weighted by molar-refractivity contribution is 0.584. The highest BCUT2D eigenvalue weighted by molar-refractivity contribution is 5.64. The van der Waals surface area contributed by atoms with Crippen molar-refractivity contribution in [3.63, 3.8) is 0 Å². The lowest BCUT2D eigenvalue weighted by atomic mass is 10.0. The Morgan fingerprint density at radius 2 is 1.38 bits per heavy atom. The highest BCUT2D eigenvalue weighted by Crippen LogP contribution is 2.21. The average Bonchev–Trinajstić information content (AvgIpc) is 2.28. The zero-order valence-electron chi connectivity index (χ0n) is 8.37. The van der Waals surface area contributed by atoms with Crippen LogP contribution in [0.2, 0.25) is 0 Å². The minimum absolute atomic E-state index is 0.501. The van der Waals surface area contributed by atoms with Gasteiger partial charge in [-0.05, 0) is 35.4 Å². The topological polar surface area (TPSA) is 0 Å². The van der Waals surface area contributed by atoms with E-state index in [9.17, 15) is 8.78 Å². The first-order chi connectivity index (χ1) is 7.69. The Balaban J connectivity index is 2.47. The normalized spacial score (nSPS) is 9.81. The van der Waals surface area contributed by atoms with Crippen LogP contribution in [0.4, 0.5) is 8.78 Å². The molecule has 16 heavy (non-hydrogen) atoms. The molecule has 0 aliphatic rings. The summed E-state index contributed by atoms with van der Waals surface area (Å²) in [5, 5.41) is 0. The molecule has 0 spiro atoms. The first kappa shape index (κ1) is 10.4. The Morgan fingerprint density at radius 3 is 1.88 bits per heavy atom. The highest BCUT2D eigenvalue weighted by Gasteiger charge is 2.02. The second-order valence-corrected chi connectivity index (χ2v) is 3.38. The summed E-state index contributed by atoms with van der Waals surface area (Å²) in [4.78, 5) is 0. The van der Waals surface area contributed by atoms with Crippen LogP contribution in [0.1, 0.15) is 5.56 Å². The monoisotopic (exact) mass is 214 g/mol. The molecule has 0 fully saturated rings. The lowest BCUT2D eigenvalue weighted by Crippen LogP contribution is -1.84. The van der Waals surface area contributed by atoms with E-state index >= 15 is 0 Å². The van der Waals surface area contributed by atoms with Crippen molar-refractivity contribution in [1.29, 1.82) is 0 Å². The van der Waals surface area contributed by atoms with Crippen LogP contribution in [-0.2, 0) is 0 Å². The molecule has 0 radical (unpaired) electrons. The smallest absolute Gasteiger partial charge is 0.126 e. The molecule has 0 atom stereocenters. The van der Waals surface area contributed by atoms with Gasteiger partial charge in [-0.2, -0.15) is 0 Å². The molecule has 2 rings (SSSR count). The van der Waals surface area contributed by atoms with Crippen molar-refractivity contribution in [3.8, 4) is 23.5 Å². The molecule has 0 saturated carbocycles. The van der Waals surface area contributed by atoms with Crippen molar-refractivity contribution in [2.24, 2.45) is 0 Å². The fraction of sp³-hybridized carbons (Fsp3) is 0. The summed E-state index contributed by atoms with van der Waals surface area (Å²) in [5.74, 6) is 1.31. The molecule has 2 heteroatoms. The molecular formula is C14H8F2. The minimum Gasteiger partial charge on any atom is -0.207 e. The van der Waals surface area contributed by atoms with E-state index in [1.165, 1.54) is 12.1 Å². The third-order valence-corrected chi connectivity index (χ3v) is 2.25. The first-order valence-electron chi connectivity index (χ1n) is 4.72. The molecule has 0 aromatic heterocycles. The van der Waals surface area contributed by atoms with E-state index in [4.69, 9.17) is 6.42 Å². The SMILES string of the molecule is C#Cc1ccc(-c2cc(F)cc(F)c2)cc1. The van der Waals surface area contributed by atoms with E-state index in [0.29, 0.717) is 5.56 Å². The maximum atomic E-state index is 13.0. The quantitative estimate of drug-likeness (QED) is 0.636. The van der Waals surface area contributed by atoms with Gasteiger partial charge in [-0.15, -0.1) is 6.42 Å². The number of rotatable bonds is 1. The molecule has 0 unspecified atom stereocenters. The van der Waals surface area contributed by atoms with Gasteiger partial charge < -0.3 is 0 Å². The van der Waals surface area contributed by atoms with Crippen molar-refractivity contribution in [2.75, 3.05) is 0 Å². The molecule has 0 bridgehead atoms. The van der Waals surface area contributed by atoms with Crippen LogP contribution in [-0.4, -0.2) is 0 Å². The fourth-order valence-corrected chi connectivity index (χ4v) is 1.48. The second kappa shape index (κ2) is 4.16. The van der Waals surface area contributed by atoms with Gasteiger partial charge in [0.2, 0.25) is 0 Å². The summed E-state index contributed by atoms with van der Waals surface area (Å²) in [5.41, 5.74) is 1.97. The molecule has 0 N–H and O–H groups in total. The minimum atomic E-state index is -0.587. The van der Waals surface area contributed by atoms with E-state index in [1.54, 1.807) is 24.3 Å². The lowest BCUT2D eigenvalue weighted by Gasteiger charge is -2.02. The average molecular weight is 214 g/mol. The molecule has 0 aliphatic carbocycles. The van der Waals surface area contributed by atoms with Crippen LogP contribution in [0, 0.1) is 24.0 Å². The Bertz CT molecular complexity index is 528. The van der Waals surface area contributed by atoms with E-state index in [-0.39, 0.29) is 0 Å². The maximum absolute atomic E-state index is 13.0. The standard InChI is InChI=1S/C14H8F2/c1-2-10-3-5-11(6-4-10)12-7-13(15)9-14(16)8-12/h1,3-9H. The molecule has 0 aliphatic heterocycles. The summed E-state index contributed by atoms with van der Waals surface area (Å²) in [6.07, 6.45) is 5.22. The summed E-state index contributed by atoms with van der Waals surface area (Å²) in [6.45, 7) is 0. The number of halogens is 2. The van der Waals surface area contributed by atoms with E-state index < -0.39 is 11.6 Å². The van der Waals surface area contributed by atoms with E-state index in [1.807, 2.05) is 0 Å². The summed E-state index contributed by atoms with van der Waals surface area (Å²) in [6, 6.07) is 10.4. The van der Waals surface area contributed by atoms with Crippen LogP contribution in [0.15, 0.2) is 42.5 Å². The van der Waals surface area contributed by atoms with Crippen LogP contribution in [0.25, 0.3) is 11.1 Å². The number of hydrogen-bond acceptors (Lipinski definition) is 0. The van der Waals surface area contributed by atoms with E-state index in [0.717, 1.165) is 17.2 Å². The van der Waals surface area contributed by atoms with E-state index in [2.05, 4.69) is 5.92 Å². The first-order valence-corrected chi connectivity index (χ1v) is 4.72. The predicted molar refractivity (Wildman–Crippen MR) is 59.7 cm³/mol. The van der Waals surface area contributed by atoms with Crippen LogP contribution >= 0.6 is 0 Å². The van der Waals surface area contributed by atoms with Gasteiger partial charge in [0.05, 0.1) is 0 Å². The molecular weight excluding hydrogens is 206 g/mol. The van der Waals surface area contributed by atoms with Crippen LogP contribution in [0.5, 0.6) is 0 Å². The zero-order chi connectivity index (χ0) is 11.5. The zero-order valence-corrected chi connectivity index (χ0v) is 8.37. The molecule has 2 aromatic rings. The molecule has 0 saturated heterocycles. The number of hydrogen-bond donors (Lipinski definition) is 0. The van der Waals surface area contributed by atoms with Gasteiger partial charge in [0.15, 0.2) is 0 Å². The van der Waals surface area contributed by atoms with Gasteiger partial charge in [-0.1, -0.05) is 18.1 Å². The summed E-state index contributed by atoms with van der Waals surface area (Å²) in [7, 11) is 0. The Labute approximate surface area is 92.5 Å². The van der Waals surface area contributed by atoms with Crippen molar-refractivity contribution >= 4 is 0 Å². The largest absolute Gasteiger partial charge is 0.207 e. The predicted octanol–water partition coefficient (Wildman–Crippen LogP) is 3.61. The Hall–Kier alpha value is -2.14. The third-order valence-electron chi connectivity index (χ3n) is 2.25. The highest BCUT2D eigenvalue weighted by atomic mass is 19.1. The van der Waals surface area contributed by atoms with Gasteiger partial charge in [0, 0.05) is 11.6 Å². The Kier molecular flexibility index (Phi) is 2.70. The molecule has 0 amide bonds. The van der Waals surface area contributed by atoms with Crippen molar-refractivity contribution in [1.82, 2.24) is 0 Å². The van der Waals surface area contributed by atoms with Crippen LogP contribution < -0.4 is 0 Å². The number of benzene rings is 2. The number of terminal acetylenes is 1. The van der Waals surface area contributed by atoms with Gasteiger partial charge >= 0.3 is 0 Å². The van der Waals surface area contributed by atoms with Crippen LogP contribution in [0.3, 0.4) is 0 Å². The van der Waals surface area contributed by atoms with Crippen molar-refractivity contribution < 1.29 is 8.78 Å². The van der Waals surface area contributed by atoms with Gasteiger partial charge in [0.1, 0.15) is 11.6 Å². The fourth-order valence-electron chi connectivity index (χ4n) is 1.48. The molecule has 78 valence electrons. The van der Waals surface area contributed by atoms with Gasteiger partial charge in [-0.3, -0.25) is 0 Å². The molecule has 2 aromatic carbocycles. The van der Waals surface area contributed by atoms with Gasteiger partial charge in [-0.25, -0.2) is 8.78 Å². The third kappa shape index (κ3) is 2.09.